The van der Waals surface area contributed by atoms with Crippen molar-refractivity contribution >= 4 is 22.4 Å². The van der Waals surface area contributed by atoms with Gasteiger partial charge in [-0.05, 0) is 67.6 Å². The van der Waals surface area contributed by atoms with Crippen molar-refractivity contribution in [3.8, 4) is 5.75 Å². The molecular weight excluding hydrogens is 434 g/mol. The number of ketones is 1. The third-order valence-corrected chi connectivity index (χ3v) is 6.84. The lowest BCUT2D eigenvalue weighted by Crippen LogP contribution is -2.06. The summed E-state index contributed by atoms with van der Waals surface area (Å²) in [6.07, 6.45) is 12.9. The van der Waals surface area contributed by atoms with E-state index in [9.17, 15) is 4.79 Å². The fourth-order valence-electron chi connectivity index (χ4n) is 4.76. The van der Waals surface area contributed by atoms with E-state index in [2.05, 4.69) is 20.8 Å². The Hall–Kier alpha value is -2.75. The summed E-state index contributed by atoms with van der Waals surface area (Å²) >= 11 is 0. The van der Waals surface area contributed by atoms with Crippen LogP contribution >= 0.6 is 0 Å². The Bertz CT molecular complexity index is 1040. The van der Waals surface area contributed by atoms with Crippen molar-refractivity contribution in [1.82, 2.24) is 0 Å². The minimum atomic E-state index is -0.0262. The van der Waals surface area contributed by atoms with Crippen molar-refractivity contribution < 1.29 is 13.9 Å². The van der Waals surface area contributed by atoms with Crippen molar-refractivity contribution in [2.75, 3.05) is 12.3 Å². The maximum absolute atomic E-state index is 13.5. The van der Waals surface area contributed by atoms with Crippen molar-refractivity contribution in [2.24, 2.45) is 5.92 Å². The van der Waals surface area contributed by atoms with Gasteiger partial charge in [0.05, 0.1) is 12.2 Å². The van der Waals surface area contributed by atoms with Gasteiger partial charge in [0.25, 0.3) is 0 Å². The van der Waals surface area contributed by atoms with Crippen LogP contribution < -0.4 is 10.5 Å². The molecular formula is C31H43NO3. The Labute approximate surface area is 211 Å². The highest BCUT2D eigenvalue weighted by atomic mass is 16.5. The summed E-state index contributed by atoms with van der Waals surface area (Å²) in [5.74, 6) is 2.35. The van der Waals surface area contributed by atoms with Crippen LogP contribution in [0.2, 0.25) is 0 Å². The maximum atomic E-state index is 13.5. The molecule has 1 aromatic heterocycles. The lowest BCUT2D eigenvalue weighted by molar-refractivity contribution is 0.103. The summed E-state index contributed by atoms with van der Waals surface area (Å²) in [5, 5.41) is 0.794. The standard InChI is InChI=1S/C31H43NO3/c1-4-7-11-23(12-8-5-2)13-10-21-34-26-18-15-24(16-19-26)31(33)30-27-22-25(32)17-20-28(27)35-29(30)14-9-6-3/h15-20,22-23H,4-14,21,32H2,1-3H3. The number of nitrogen functional groups attached to an aromatic ring is 1. The molecule has 35 heavy (non-hydrogen) atoms. The summed E-state index contributed by atoms with van der Waals surface area (Å²) in [4.78, 5) is 13.5. The minimum Gasteiger partial charge on any atom is -0.494 e. The Morgan fingerprint density at radius 1 is 0.886 bits per heavy atom. The number of furan rings is 1. The molecule has 0 saturated carbocycles. The van der Waals surface area contributed by atoms with Crippen molar-refractivity contribution in [3.63, 3.8) is 0 Å². The number of hydrogen-bond donors (Lipinski definition) is 1. The van der Waals surface area contributed by atoms with Crippen LogP contribution in [0.5, 0.6) is 5.75 Å². The van der Waals surface area contributed by atoms with E-state index in [1.807, 2.05) is 42.5 Å². The first kappa shape index (κ1) is 26.8. The van der Waals surface area contributed by atoms with Crippen LogP contribution in [-0.4, -0.2) is 12.4 Å². The monoisotopic (exact) mass is 477 g/mol. The molecule has 4 nitrogen and oxygen atoms in total. The van der Waals surface area contributed by atoms with Gasteiger partial charge in [0, 0.05) is 23.1 Å². The van der Waals surface area contributed by atoms with Gasteiger partial charge in [-0.3, -0.25) is 4.79 Å². The van der Waals surface area contributed by atoms with E-state index >= 15 is 0 Å². The Morgan fingerprint density at radius 3 is 2.20 bits per heavy atom. The average Bonchev–Trinajstić information content (AvgIpc) is 3.23. The third-order valence-electron chi connectivity index (χ3n) is 6.84. The zero-order chi connectivity index (χ0) is 25.0. The molecule has 0 unspecified atom stereocenters. The number of aryl methyl sites for hydroxylation is 1. The smallest absolute Gasteiger partial charge is 0.197 e. The zero-order valence-corrected chi connectivity index (χ0v) is 21.9. The van der Waals surface area contributed by atoms with E-state index in [1.165, 1.54) is 44.9 Å². The zero-order valence-electron chi connectivity index (χ0n) is 21.9. The summed E-state index contributed by atoms with van der Waals surface area (Å²) in [6.45, 7) is 7.39. The van der Waals surface area contributed by atoms with Gasteiger partial charge >= 0.3 is 0 Å². The summed E-state index contributed by atoms with van der Waals surface area (Å²) in [5.41, 5.74) is 8.63. The lowest BCUT2D eigenvalue weighted by atomic mass is 9.92. The van der Waals surface area contributed by atoms with E-state index in [0.717, 1.165) is 55.1 Å². The molecule has 0 aliphatic heterocycles. The summed E-state index contributed by atoms with van der Waals surface area (Å²) in [7, 11) is 0. The van der Waals surface area contributed by atoms with Crippen LogP contribution in [0.15, 0.2) is 46.9 Å². The molecule has 4 heteroatoms. The first-order valence-corrected chi connectivity index (χ1v) is 13.7. The van der Waals surface area contributed by atoms with Gasteiger partial charge < -0.3 is 14.9 Å². The van der Waals surface area contributed by atoms with Gasteiger partial charge in [-0.25, -0.2) is 0 Å². The van der Waals surface area contributed by atoms with E-state index < -0.39 is 0 Å². The molecule has 1 heterocycles. The predicted octanol–water partition coefficient (Wildman–Crippen LogP) is 8.74. The Morgan fingerprint density at radius 2 is 1.54 bits per heavy atom. The molecule has 0 fully saturated rings. The van der Waals surface area contributed by atoms with E-state index in [-0.39, 0.29) is 5.78 Å². The molecule has 190 valence electrons. The van der Waals surface area contributed by atoms with Crippen molar-refractivity contribution in [1.29, 1.82) is 0 Å². The lowest BCUT2D eigenvalue weighted by Gasteiger charge is -2.16. The van der Waals surface area contributed by atoms with Crippen molar-refractivity contribution in [2.45, 2.75) is 91.4 Å². The van der Waals surface area contributed by atoms with Gasteiger partial charge in [0.15, 0.2) is 5.78 Å². The second-order valence-electron chi connectivity index (χ2n) is 9.75. The van der Waals surface area contributed by atoms with Crippen LogP contribution in [0, 0.1) is 5.92 Å². The first-order valence-electron chi connectivity index (χ1n) is 13.7. The molecule has 2 N–H and O–H groups in total. The van der Waals surface area contributed by atoms with E-state index in [0.29, 0.717) is 22.4 Å². The molecule has 3 rings (SSSR count). The molecule has 0 aliphatic rings. The molecule has 0 saturated heterocycles. The molecule has 0 spiro atoms. The number of hydrogen-bond acceptors (Lipinski definition) is 4. The molecule has 0 radical (unpaired) electrons. The second-order valence-corrected chi connectivity index (χ2v) is 9.75. The number of nitrogens with two attached hydrogens (primary N) is 1. The summed E-state index contributed by atoms with van der Waals surface area (Å²) in [6, 6.07) is 13.0. The SMILES string of the molecule is CCCCc1oc2ccc(N)cc2c1C(=O)c1ccc(OCCCC(CCCC)CCCC)cc1. The normalized spacial score (nSPS) is 11.4. The average molecular weight is 478 g/mol. The molecule has 0 amide bonds. The van der Waals surface area contributed by atoms with Gasteiger partial charge in [-0.1, -0.05) is 65.7 Å². The fraction of sp³-hybridized carbons (Fsp3) is 0.516. The molecule has 2 aromatic carbocycles. The molecule has 0 aliphatic carbocycles. The van der Waals surface area contributed by atoms with E-state index in [4.69, 9.17) is 14.9 Å². The first-order chi connectivity index (χ1) is 17.1. The largest absolute Gasteiger partial charge is 0.494 e. The van der Waals surface area contributed by atoms with Gasteiger partial charge in [0.2, 0.25) is 0 Å². The van der Waals surface area contributed by atoms with Crippen LogP contribution in [0.25, 0.3) is 11.0 Å². The van der Waals surface area contributed by atoms with Gasteiger partial charge in [-0.15, -0.1) is 0 Å². The van der Waals surface area contributed by atoms with Crippen molar-refractivity contribution in [3.05, 3.63) is 59.4 Å². The highest BCUT2D eigenvalue weighted by Crippen LogP contribution is 2.31. The number of unbranched alkanes of at least 4 members (excludes halogenated alkanes) is 3. The van der Waals surface area contributed by atoms with Gasteiger partial charge in [-0.2, -0.15) is 0 Å². The number of rotatable bonds is 16. The summed E-state index contributed by atoms with van der Waals surface area (Å²) < 4.78 is 12.1. The Kier molecular flexibility index (Phi) is 10.7. The minimum absolute atomic E-state index is 0.0262. The molecule has 0 atom stereocenters. The molecule has 3 aromatic rings. The topological polar surface area (TPSA) is 65.5 Å². The highest BCUT2D eigenvalue weighted by molar-refractivity contribution is 6.17. The number of carbonyl (C=O) groups is 1. The fourth-order valence-corrected chi connectivity index (χ4v) is 4.76. The molecule has 0 bridgehead atoms. The number of benzene rings is 2. The number of ether oxygens (including phenoxy) is 1. The number of fused-ring (bicyclic) bond motifs is 1. The second kappa shape index (κ2) is 14.0. The number of anilines is 1. The van der Waals surface area contributed by atoms with Crippen LogP contribution in [-0.2, 0) is 6.42 Å². The third kappa shape index (κ3) is 7.62. The van der Waals surface area contributed by atoms with E-state index in [1.54, 1.807) is 0 Å². The Balaban J connectivity index is 1.63. The predicted molar refractivity (Wildman–Crippen MR) is 146 cm³/mol. The highest BCUT2D eigenvalue weighted by Gasteiger charge is 2.22. The van der Waals surface area contributed by atoms with Crippen LogP contribution in [0.1, 0.15) is 107 Å². The van der Waals surface area contributed by atoms with Crippen LogP contribution in [0.4, 0.5) is 5.69 Å². The van der Waals surface area contributed by atoms with Crippen LogP contribution in [0.3, 0.4) is 0 Å². The van der Waals surface area contributed by atoms with Gasteiger partial charge in [0.1, 0.15) is 17.1 Å². The maximum Gasteiger partial charge on any atom is 0.197 e. The number of carbonyl (C=O) groups excluding carboxylic acids is 1. The quantitative estimate of drug-likeness (QED) is 0.127.